The number of fused-ring (bicyclic) bond motifs is 1. The number of carbonyl (C=O) groups is 4. The maximum atomic E-state index is 13.1. The van der Waals surface area contributed by atoms with E-state index in [-0.39, 0.29) is 41.3 Å². The van der Waals surface area contributed by atoms with Gasteiger partial charge in [0.2, 0.25) is 11.8 Å². The Morgan fingerprint density at radius 1 is 1.26 bits per heavy atom. The van der Waals surface area contributed by atoms with Gasteiger partial charge in [0.25, 0.3) is 11.8 Å². The van der Waals surface area contributed by atoms with Crippen LogP contribution in [0.25, 0.3) is 5.69 Å². The number of aromatic nitrogens is 3. The number of imide groups is 1. The van der Waals surface area contributed by atoms with Gasteiger partial charge >= 0.3 is 0 Å². The normalized spacial score (nSPS) is 24.0. The molecule has 11 heteroatoms. The summed E-state index contributed by atoms with van der Waals surface area (Å²) in [5.41, 5.74) is 2.02. The summed E-state index contributed by atoms with van der Waals surface area (Å²) in [5.74, 6) is -1.31. The summed E-state index contributed by atoms with van der Waals surface area (Å²) in [6, 6.07) is 4.66. The number of likely N-dealkylation sites (N-methyl/N-ethyl adjacent to an activating group) is 1. The van der Waals surface area contributed by atoms with Gasteiger partial charge in [-0.2, -0.15) is 0 Å². The van der Waals surface area contributed by atoms with E-state index >= 15 is 0 Å². The fourth-order valence-electron chi connectivity index (χ4n) is 5.15. The van der Waals surface area contributed by atoms with Gasteiger partial charge in [-0.15, -0.1) is 5.10 Å². The highest BCUT2D eigenvalue weighted by Crippen LogP contribution is 2.30. The molecule has 1 aromatic carbocycles. The zero-order valence-corrected chi connectivity index (χ0v) is 20.1. The van der Waals surface area contributed by atoms with E-state index in [2.05, 4.69) is 46.6 Å². The van der Waals surface area contributed by atoms with Gasteiger partial charge in [-0.3, -0.25) is 24.5 Å². The van der Waals surface area contributed by atoms with Gasteiger partial charge < -0.3 is 15.1 Å². The van der Waals surface area contributed by atoms with Crippen LogP contribution in [-0.2, 0) is 16.1 Å². The number of likely N-dealkylation sites (tertiary alicyclic amines) is 1. The first-order chi connectivity index (χ1) is 16.7. The number of piperidine rings is 1. The maximum Gasteiger partial charge on any atom is 0.273 e. The molecule has 2 fully saturated rings. The summed E-state index contributed by atoms with van der Waals surface area (Å²) < 4.78 is 1.47. The lowest BCUT2D eigenvalue weighted by atomic mass is 9.88. The molecule has 4 amide bonds. The molecule has 0 aliphatic carbocycles. The van der Waals surface area contributed by atoms with Crippen LogP contribution in [0.4, 0.5) is 0 Å². The van der Waals surface area contributed by atoms with E-state index in [1.54, 1.807) is 18.3 Å². The van der Waals surface area contributed by atoms with Gasteiger partial charge in [0, 0.05) is 37.7 Å². The first-order valence-corrected chi connectivity index (χ1v) is 11.9. The van der Waals surface area contributed by atoms with Gasteiger partial charge in [-0.05, 0) is 36.1 Å². The summed E-state index contributed by atoms with van der Waals surface area (Å²) in [6.45, 7) is 9.34. The number of rotatable bonds is 5. The summed E-state index contributed by atoms with van der Waals surface area (Å²) >= 11 is 0. The van der Waals surface area contributed by atoms with Crippen LogP contribution in [0.3, 0.4) is 0 Å². The molecule has 0 radical (unpaired) electrons. The molecule has 2 aromatic rings. The number of nitrogens with zero attached hydrogens (tertiary/aromatic N) is 5. The van der Waals surface area contributed by atoms with Crippen LogP contribution in [0.5, 0.6) is 0 Å². The van der Waals surface area contributed by atoms with E-state index < -0.39 is 11.9 Å². The molecule has 2 atom stereocenters. The van der Waals surface area contributed by atoms with Gasteiger partial charge in [-0.25, -0.2) is 4.68 Å². The zero-order valence-electron chi connectivity index (χ0n) is 20.1. The zero-order chi connectivity index (χ0) is 24.9. The van der Waals surface area contributed by atoms with Crippen LogP contribution in [0.1, 0.15) is 60.0 Å². The molecule has 0 bridgehead atoms. The maximum absolute atomic E-state index is 13.1. The van der Waals surface area contributed by atoms with Crippen molar-refractivity contribution in [2.45, 2.75) is 52.2 Å². The van der Waals surface area contributed by atoms with Crippen LogP contribution < -0.4 is 10.6 Å². The average Bonchev–Trinajstić information content (AvgIpc) is 3.50. The van der Waals surface area contributed by atoms with E-state index in [9.17, 15) is 19.2 Å². The van der Waals surface area contributed by atoms with Crippen molar-refractivity contribution < 1.29 is 19.2 Å². The number of carbonyl (C=O) groups excluding carboxylic acids is 4. The van der Waals surface area contributed by atoms with Crippen LogP contribution >= 0.6 is 0 Å². The Bertz CT molecular complexity index is 1220. The third kappa shape index (κ3) is 4.20. The number of benzene rings is 1. The molecule has 2 unspecified atom stereocenters. The highest BCUT2D eigenvalue weighted by molar-refractivity contribution is 6.05. The molecular formula is C24H29N7O4. The molecule has 0 saturated carbocycles. The van der Waals surface area contributed by atoms with Gasteiger partial charge in [0.05, 0.1) is 11.9 Å². The van der Waals surface area contributed by atoms with Gasteiger partial charge in [-0.1, -0.05) is 32.1 Å². The smallest absolute Gasteiger partial charge is 0.273 e. The predicted molar refractivity (Wildman–Crippen MR) is 125 cm³/mol. The highest BCUT2D eigenvalue weighted by atomic mass is 16.2. The van der Waals surface area contributed by atoms with Gasteiger partial charge in [0.1, 0.15) is 6.04 Å². The Morgan fingerprint density at radius 2 is 2.06 bits per heavy atom. The minimum absolute atomic E-state index is 0.0102. The van der Waals surface area contributed by atoms with Gasteiger partial charge in [0.15, 0.2) is 5.69 Å². The SMILES string of the molecule is CCN1CC(NC(=O)c2cn(-c3ccc4c(c3)C(=O)N(C3CCC(=O)NC3=O)C4)nn2)C(C)(C)C1. The summed E-state index contributed by atoms with van der Waals surface area (Å²) in [7, 11) is 0. The Hall–Kier alpha value is -3.60. The molecule has 3 aliphatic rings. The molecule has 2 saturated heterocycles. The lowest BCUT2D eigenvalue weighted by molar-refractivity contribution is -0.136. The van der Waals surface area contributed by atoms with E-state index in [1.165, 1.54) is 9.58 Å². The monoisotopic (exact) mass is 479 g/mol. The van der Waals surface area contributed by atoms with Crippen LogP contribution in [-0.4, -0.2) is 80.1 Å². The van der Waals surface area contributed by atoms with Crippen molar-refractivity contribution in [2.24, 2.45) is 5.41 Å². The van der Waals surface area contributed by atoms with Crippen molar-refractivity contribution in [3.05, 3.63) is 41.2 Å². The average molecular weight is 480 g/mol. The lowest BCUT2D eigenvalue weighted by Gasteiger charge is -2.29. The first-order valence-electron chi connectivity index (χ1n) is 11.9. The number of nitrogens with one attached hydrogen (secondary N) is 2. The molecular weight excluding hydrogens is 450 g/mol. The third-order valence-corrected chi connectivity index (χ3v) is 7.27. The topological polar surface area (TPSA) is 130 Å². The molecule has 5 rings (SSSR count). The summed E-state index contributed by atoms with van der Waals surface area (Å²) in [4.78, 5) is 53.5. The van der Waals surface area contributed by atoms with Crippen molar-refractivity contribution >= 4 is 23.6 Å². The number of amides is 4. The summed E-state index contributed by atoms with van der Waals surface area (Å²) in [6.07, 6.45) is 2.07. The standard InChI is InChI=1S/C24H29N7O4/c1-4-29-12-19(24(2,3)13-29)25-21(33)17-11-31(28-27-17)15-6-5-14-10-30(23(35)16(14)9-15)18-7-8-20(32)26-22(18)34/h5-6,9,11,18-19H,4,7-8,10,12-13H2,1-3H3,(H,25,33)(H,26,32,34). The molecule has 1 aromatic heterocycles. The fraction of sp³-hybridized carbons (Fsp3) is 0.500. The molecule has 35 heavy (non-hydrogen) atoms. The van der Waals surface area contributed by atoms with Crippen LogP contribution in [0.2, 0.25) is 0 Å². The van der Waals surface area contributed by atoms with Crippen molar-refractivity contribution in [2.75, 3.05) is 19.6 Å². The molecule has 11 nitrogen and oxygen atoms in total. The highest BCUT2D eigenvalue weighted by Gasteiger charge is 2.40. The number of hydrogen-bond acceptors (Lipinski definition) is 7. The molecule has 2 N–H and O–H groups in total. The van der Waals surface area contributed by atoms with Crippen molar-refractivity contribution in [3.63, 3.8) is 0 Å². The van der Waals surface area contributed by atoms with Crippen molar-refractivity contribution in [3.8, 4) is 5.69 Å². The predicted octanol–water partition coefficient (Wildman–Crippen LogP) is 0.488. The Morgan fingerprint density at radius 3 is 2.77 bits per heavy atom. The van der Waals surface area contributed by atoms with Crippen LogP contribution in [0, 0.1) is 5.41 Å². The largest absolute Gasteiger partial charge is 0.346 e. The second-order valence-electron chi connectivity index (χ2n) is 10.1. The Balaban J connectivity index is 1.30. The lowest BCUT2D eigenvalue weighted by Crippen LogP contribution is -2.52. The van der Waals surface area contributed by atoms with E-state index in [0.717, 1.165) is 25.2 Å². The van der Waals surface area contributed by atoms with E-state index in [1.807, 2.05) is 6.07 Å². The van der Waals surface area contributed by atoms with E-state index in [0.29, 0.717) is 24.2 Å². The fourth-order valence-corrected chi connectivity index (χ4v) is 5.15. The van der Waals surface area contributed by atoms with Crippen LogP contribution in [0.15, 0.2) is 24.4 Å². The molecule has 184 valence electrons. The second kappa shape index (κ2) is 8.56. The van der Waals surface area contributed by atoms with E-state index in [4.69, 9.17) is 0 Å². The first kappa shape index (κ1) is 23.2. The number of hydrogen-bond donors (Lipinski definition) is 2. The quantitative estimate of drug-likeness (QED) is 0.597. The Labute approximate surface area is 202 Å². The second-order valence-corrected chi connectivity index (χ2v) is 10.1. The van der Waals surface area contributed by atoms with Crippen molar-refractivity contribution in [1.29, 1.82) is 0 Å². The third-order valence-electron chi connectivity index (χ3n) is 7.27. The molecule has 4 heterocycles. The molecule has 0 spiro atoms. The Kier molecular flexibility index (Phi) is 5.66. The molecule has 3 aliphatic heterocycles. The minimum atomic E-state index is -0.666. The summed E-state index contributed by atoms with van der Waals surface area (Å²) in [5, 5.41) is 13.5. The minimum Gasteiger partial charge on any atom is -0.346 e. The van der Waals surface area contributed by atoms with Crippen molar-refractivity contribution in [1.82, 2.24) is 35.4 Å².